The van der Waals surface area contributed by atoms with Gasteiger partial charge in [-0.25, -0.2) is 8.42 Å². The van der Waals surface area contributed by atoms with Crippen molar-refractivity contribution in [3.05, 3.63) is 60.2 Å². The second-order valence-corrected chi connectivity index (χ2v) is 6.62. The lowest BCUT2D eigenvalue weighted by molar-refractivity contribution is 0.166. The number of fused-ring (bicyclic) bond motifs is 1. The van der Waals surface area contributed by atoms with Crippen LogP contribution >= 0.6 is 0 Å². The number of sulfonamides is 1. The Labute approximate surface area is 118 Å². The fourth-order valence-corrected chi connectivity index (χ4v) is 4.01. The van der Waals surface area contributed by atoms with Crippen molar-refractivity contribution in [2.75, 3.05) is 10.8 Å². The predicted molar refractivity (Wildman–Crippen MR) is 77.0 cm³/mol. The second-order valence-electron chi connectivity index (χ2n) is 4.75. The van der Waals surface area contributed by atoms with Crippen molar-refractivity contribution in [2.24, 2.45) is 0 Å². The zero-order valence-electron chi connectivity index (χ0n) is 10.8. The molecular weight excluding hydrogens is 274 g/mol. The van der Waals surface area contributed by atoms with Crippen LogP contribution in [0.25, 0.3) is 0 Å². The van der Waals surface area contributed by atoms with Crippen molar-refractivity contribution in [1.82, 2.24) is 0 Å². The number of rotatable bonds is 2. The lowest BCUT2D eigenvalue weighted by Gasteiger charge is -2.32. The van der Waals surface area contributed by atoms with Gasteiger partial charge in [-0.15, -0.1) is 0 Å². The van der Waals surface area contributed by atoms with Crippen molar-refractivity contribution < 1.29 is 13.5 Å². The molecule has 0 fully saturated rings. The number of anilines is 1. The predicted octanol–water partition coefficient (Wildman–Crippen LogP) is 2.32. The third kappa shape index (κ3) is 2.09. The minimum absolute atomic E-state index is 0.270. The van der Waals surface area contributed by atoms with Gasteiger partial charge >= 0.3 is 0 Å². The van der Waals surface area contributed by atoms with Crippen molar-refractivity contribution in [1.29, 1.82) is 0 Å². The molecule has 20 heavy (non-hydrogen) atoms. The molecule has 0 radical (unpaired) electrons. The van der Waals surface area contributed by atoms with E-state index in [0.29, 0.717) is 17.7 Å². The van der Waals surface area contributed by atoms with Crippen LogP contribution in [-0.4, -0.2) is 20.1 Å². The SMILES string of the molecule is O=S(=O)(c1ccccc1)N1CCC(O)c2ccccc21. The summed E-state index contributed by atoms with van der Waals surface area (Å²) in [5.74, 6) is 0. The Morgan fingerprint density at radius 3 is 2.40 bits per heavy atom. The van der Waals surface area contributed by atoms with Crippen LogP contribution in [0.4, 0.5) is 5.69 Å². The van der Waals surface area contributed by atoms with Crippen LogP contribution in [0, 0.1) is 0 Å². The molecule has 1 N–H and O–H groups in total. The first-order valence-electron chi connectivity index (χ1n) is 6.45. The van der Waals surface area contributed by atoms with Crippen molar-refractivity contribution in [3.8, 4) is 0 Å². The van der Waals surface area contributed by atoms with Crippen LogP contribution in [0.15, 0.2) is 59.5 Å². The van der Waals surface area contributed by atoms with Crippen LogP contribution < -0.4 is 4.31 Å². The summed E-state index contributed by atoms with van der Waals surface area (Å²) in [5.41, 5.74) is 1.23. The number of benzene rings is 2. The number of hydrogen-bond acceptors (Lipinski definition) is 3. The van der Waals surface area contributed by atoms with Gasteiger partial charge in [0.2, 0.25) is 0 Å². The number of nitrogens with zero attached hydrogens (tertiary/aromatic N) is 1. The molecule has 0 amide bonds. The van der Waals surface area contributed by atoms with Crippen LogP contribution in [0.5, 0.6) is 0 Å². The quantitative estimate of drug-likeness (QED) is 0.923. The Morgan fingerprint density at radius 1 is 1.00 bits per heavy atom. The maximum absolute atomic E-state index is 12.7. The highest BCUT2D eigenvalue weighted by Gasteiger charge is 2.31. The topological polar surface area (TPSA) is 57.6 Å². The third-order valence-corrected chi connectivity index (χ3v) is 5.33. The highest BCUT2D eigenvalue weighted by atomic mass is 32.2. The molecule has 0 aromatic heterocycles. The normalized spacial score (nSPS) is 18.6. The molecule has 1 atom stereocenters. The number of aliphatic hydroxyl groups is 1. The van der Waals surface area contributed by atoms with Crippen LogP contribution in [0.1, 0.15) is 18.1 Å². The Kier molecular flexibility index (Phi) is 3.23. The van der Waals surface area contributed by atoms with Gasteiger partial charge in [0.25, 0.3) is 10.0 Å². The zero-order valence-corrected chi connectivity index (χ0v) is 11.6. The minimum Gasteiger partial charge on any atom is -0.388 e. The second kappa shape index (κ2) is 4.92. The number of para-hydroxylation sites is 1. The van der Waals surface area contributed by atoms with E-state index in [-0.39, 0.29) is 11.4 Å². The van der Waals surface area contributed by atoms with Crippen molar-refractivity contribution >= 4 is 15.7 Å². The summed E-state index contributed by atoms with van der Waals surface area (Å²) in [6.07, 6.45) is -0.197. The minimum atomic E-state index is -3.58. The van der Waals surface area contributed by atoms with Gasteiger partial charge in [0.1, 0.15) is 0 Å². The first kappa shape index (κ1) is 13.1. The Balaban J connectivity index is 2.10. The lowest BCUT2D eigenvalue weighted by Crippen LogP contribution is -2.36. The number of aliphatic hydroxyl groups excluding tert-OH is 1. The first-order chi connectivity index (χ1) is 9.60. The molecule has 1 heterocycles. The Hall–Kier alpha value is -1.85. The highest BCUT2D eigenvalue weighted by Crippen LogP contribution is 2.36. The summed E-state index contributed by atoms with van der Waals surface area (Å²) in [5, 5.41) is 9.99. The van der Waals surface area contributed by atoms with Crippen LogP contribution in [0.2, 0.25) is 0 Å². The van der Waals surface area contributed by atoms with Gasteiger partial charge < -0.3 is 5.11 Å². The summed E-state index contributed by atoms with van der Waals surface area (Å²) >= 11 is 0. The van der Waals surface area contributed by atoms with E-state index in [1.807, 2.05) is 0 Å². The number of hydrogen-bond donors (Lipinski definition) is 1. The van der Waals surface area contributed by atoms with E-state index in [9.17, 15) is 13.5 Å². The van der Waals surface area contributed by atoms with E-state index >= 15 is 0 Å². The molecule has 1 aliphatic heterocycles. The molecular formula is C15H15NO3S. The van der Waals surface area contributed by atoms with E-state index in [0.717, 1.165) is 0 Å². The molecule has 5 heteroatoms. The summed E-state index contributed by atoms with van der Waals surface area (Å²) in [6.45, 7) is 0.287. The molecule has 0 spiro atoms. The van der Waals surface area contributed by atoms with Gasteiger partial charge in [0, 0.05) is 12.1 Å². The molecule has 0 saturated heterocycles. The van der Waals surface area contributed by atoms with Gasteiger partial charge in [-0.05, 0) is 24.6 Å². The monoisotopic (exact) mass is 289 g/mol. The van der Waals surface area contributed by atoms with E-state index < -0.39 is 16.1 Å². The zero-order chi connectivity index (χ0) is 14.2. The standard InChI is InChI=1S/C15H15NO3S/c17-15-10-11-16(14-9-5-4-8-13(14)15)20(18,19)12-6-2-1-3-7-12/h1-9,15,17H,10-11H2. The molecule has 1 unspecified atom stereocenters. The maximum atomic E-state index is 12.7. The van der Waals surface area contributed by atoms with Gasteiger partial charge in [-0.1, -0.05) is 36.4 Å². The highest BCUT2D eigenvalue weighted by molar-refractivity contribution is 7.92. The Bertz CT molecular complexity index is 713. The van der Waals surface area contributed by atoms with Crippen molar-refractivity contribution in [3.63, 3.8) is 0 Å². The van der Waals surface area contributed by atoms with Crippen LogP contribution in [0.3, 0.4) is 0 Å². The molecule has 0 aliphatic carbocycles. The smallest absolute Gasteiger partial charge is 0.264 e. The average molecular weight is 289 g/mol. The van der Waals surface area contributed by atoms with Crippen molar-refractivity contribution in [2.45, 2.75) is 17.4 Å². The fraction of sp³-hybridized carbons (Fsp3) is 0.200. The van der Waals surface area contributed by atoms with Gasteiger partial charge in [0.05, 0.1) is 16.7 Å². The third-order valence-electron chi connectivity index (χ3n) is 3.50. The first-order valence-corrected chi connectivity index (χ1v) is 7.89. The fourth-order valence-electron chi connectivity index (χ4n) is 2.48. The van der Waals surface area contributed by atoms with E-state index in [1.165, 1.54) is 4.31 Å². The lowest BCUT2D eigenvalue weighted by atomic mass is 10.0. The summed E-state index contributed by atoms with van der Waals surface area (Å²) in [6, 6.07) is 15.5. The van der Waals surface area contributed by atoms with E-state index in [1.54, 1.807) is 54.6 Å². The van der Waals surface area contributed by atoms with Gasteiger partial charge in [0.15, 0.2) is 0 Å². The molecule has 3 rings (SSSR count). The summed E-state index contributed by atoms with van der Waals surface area (Å²) < 4.78 is 26.8. The molecule has 104 valence electrons. The van der Waals surface area contributed by atoms with Gasteiger partial charge in [-0.3, -0.25) is 4.31 Å². The maximum Gasteiger partial charge on any atom is 0.264 e. The molecule has 4 nitrogen and oxygen atoms in total. The molecule has 2 aromatic carbocycles. The Morgan fingerprint density at radius 2 is 1.65 bits per heavy atom. The summed E-state index contributed by atoms with van der Waals surface area (Å²) in [4.78, 5) is 0.270. The molecule has 1 aliphatic rings. The van der Waals surface area contributed by atoms with E-state index in [2.05, 4.69) is 0 Å². The molecule has 0 saturated carbocycles. The summed E-state index contributed by atoms with van der Waals surface area (Å²) in [7, 11) is -3.58. The molecule has 0 bridgehead atoms. The van der Waals surface area contributed by atoms with Gasteiger partial charge in [-0.2, -0.15) is 0 Å². The largest absolute Gasteiger partial charge is 0.388 e. The van der Waals surface area contributed by atoms with E-state index in [4.69, 9.17) is 0 Å². The molecule has 2 aromatic rings. The average Bonchev–Trinajstić information content (AvgIpc) is 2.48. The van der Waals surface area contributed by atoms with Crippen LogP contribution in [-0.2, 0) is 10.0 Å².